The molecule has 5 nitrogen and oxygen atoms in total. The van der Waals surface area contributed by atoms with Gasteiger partial charge in [0.05, 0.1) is 13.2 Å². The highest BCUT2D eigenvalue weighted by molar-refractivity contribution is 7.09. The largest absolute Gasteiger partial charge is 0.378 e. The second-order valence-electron chi connectivity index (χ2n) is 6.42. The Morgan fingerprint density at radius 1 is 1.23 bits per heavy atom. The van der Waals surface area contributed by atoms with Crippen LogP contribution >= 0.6 is 11.3 Å². The minimum absolute atomic E-state index is 0.777. The number of nitrogens with one attached hydrogen (secondary N) is 1. The number of guanidine groups is 1. The van der Waals surface area contributed by atoms with Crippen LogP contribution in [0.15, 0.2) is 46.8 Å². The van der Waals surface area contributed by atoms with Crippen LogP contribution in [0.3, 0.4) is 0 Å². The van der Waals surface area contributed by atoms with Crippen LogP contribution in [0.5, 0.6) is 0 Å². The summed E-state index contributed by atoms with van der Waals surface area (Å²) in [5, 5.41) is 5.59. The summed E-state index contributed by atoms with van der Waals surface area (Å²) in [6, 6.07) is 13.1. The van der Waals surface area contributed by atoms with Crippen LogP contribution in [-0.4, -0.2) is 57.8 Å². The number of hydrogen-bond acceptors (Lipinski definition) is 4. The van der Waals surface area contributed by atoms with E-state index in [-0.39, 0.29) is 0 Å². The molecule has 0 bridgehead atoms. The summed E-state index contributed by atoms with van der Waals surface area (Å²) in [6.07, 6.45) is 1.04. The Labute approximate surface area is 160 Å². The maximum Gasteiger partial charge on any atom is 0.193 e. The third kappa shape index (κ3) is 5.22. The van der Waals surface area contributed by atoms with Gasteiger partial charge in [0, 0.05) is 50.8 Å². The first kappa shape index (κ1) is 18.7. The molecule has 0 atom stereocenters. The molecule has 26 heavy (non-hydrogen) atoms. The molecule has 1 aromatic heterocycles. The van der Waals surface area contributed by atoms with Crippen molar-refractivity contribution in [1.82, 2.24) is 10.2 Å². The maximum atomic E-state index is 5.42. The molecule has 1 saturated heterocycles. The molecular weight excluding hydrogens is 344 g/mol. The van der Waals surface area contributed by atoms with Crippen molar-refractivity contribution in [1.29, 1.82) is 0 Å². The fourth-order valence-electron chi connectivity index (χ4n) is 3.05. The van der Waals surface area contributed by atoms with Crippen molar-refractivity contribution in [2.45, 2.75) is 13.0 Å². The molecule has 1 N–H and O–H groups in total. The molecular formula is C20H28N4OS. The number of morpholine rings is 1. The summed E-state index contributed by atoms with van der Waals surface area (Å²) in [5.41, 5.74) is 2.53. The zero-order valence-electron chi connectivity index (χ0n) is 15.6. The van der Waals surface area contributed by atoms with Gasteiger partial charge in [0.25, 0.3) is 0 Å². The van der Waals surface area contributed by atoms with Crippen molar-refractivity contribution >= 4 is 23.0 Å². The van der Waals surface area contributed by atoms with E-state index in [4.69, 9.17) is 4.74 Å². The lowest BCUT2D eigenvalue weighted by molar-refractivity contribution is 0.122. The molecule has 1 aliphatic rings. The standard InChI is InChI=1S/C20H28N4OS/c1-21-20(23(2)10-9-19-4-3-15-26-19)22-16-17-5-7-18(8-6-17)24-11-13-25-14-12-24/h3-8,15H,9-14,16H2,1-2H3,(H,21,22). The van der Waals surface area contributed by atoms with Gasteiger partial charge < -0.3 is 19.9 Å². The second kappa shape index (κ2) is 9.59. The summed E-state index contributed by atoms with van der Waals surface area (Å²) < 4.78 is 5.42. The molecule has 140 valence electrons. The van der Waals surface area contributed by atoms with Gasteiger partial charge in [0.1, 0.15) is 0 Å². The molecule has 6 heteroatoms. The van der Waals surface area contributed by atoms with Gasteiger partial charge in [0.2, 0.25) is 0 Å². The van der Waals surface area contributed by atoms with E-state index in [1.54, 1.807) is 0 Å². The number of thiophene rings is 1. The van der Waals surface area contributed by atoms with E-state index in [2.05, 4.69) is 68.9 Å². The normalized spacial score (nSPS) is 15.2. The number of benzene rings is 1. The Morgan fingerprint density at radius 3 is 2.65 bits per heavy atom. The summed E-state index contributed by atoms with van der Waals surface area (Å²) in [4.78, 5) is 10.4. The lowest BCUT2D eigenvalue weighted by Crippen LogP contribution is -2.39. The number of ether oxygens (including phenoxy) is 1. The number of rotatable bonds is 6. The quantitative estimate of drug-likeness (QED) is 0.625. The molecule has 0 saturated carbocycles. The van der Waals surface area contributed by atoms with E-state index in [1.807, 2.05) is 18.4 Å². The third-order valence-corrected chi connectivity index (χ3v) is 5.55. The number of likely N-dealkylation sites (N-methyl/N-ethyl adjacent to an activating group) is 1. The predicted octanol–water partition coefficient (Wildman–Crippen LogP) is 2.83. The Morgan fingerprint density at radius 2 is 2.00 bits per heavy atom. The first-order valence-corrected chi connectivity index (χ1v) is 10.00. The average Bonchev–Trinajstić information content (AvgIpc) is 3.22. The van der Waals surface area contributed by atoms with E-state index < -0.39 is 0 Å². The van der Waals surface area contributed by atoms with Crippen LogP contribution in [0.1, 0.15) is 10.4 Å². The average molecular weight is 373 g/mol. The highest BCUT2D eigenvalue weighted by atomic mass is 32.1. The minimum Gasteiger partial charge on any atom is -0.378 e. The van der Waals surface area contributed by atoms with Gasteiger partial charge in [0.15, 0.2) is 5.96 Å². The van der Waals surface area contributed by atoms with Crippen LogP contribution in [0.25, 0.3) is 0 Å². The highest BCUT2D eigenvalue weighted by Gasteiger charge is 2.11. The number of anilines is 1. The van der Waals surface area contributed by atoms with Crippen LogP contribution < -0.4 is 10.2 Å². The van der Waals surface area contributed by atoms with Crippen molar-refractivity contribution in [3.8, 4) is 0 Å². The second-order valence-corrected chi connectivity index (χ2v) is 7.45. The first-order chi connectivity index (χ1) is 12.8. The summed E-state index contributed by atoms with van der Waals surface area (Å²) in [5.74, 6) is 0.929. The SMILES string of the molecule is CN=C(NCc1ccc(N2CCOCC2)cc1)N(C)CCc1cccs1. The van der Waals surface area contributed by atoms with Gasteiger partial charge in [-0.2, -0.15) is 0 Å². The van der Waals surface area contributed by atoms with Crippen molar-refractivity contribution in [2.75, 3.05) is 51.8 Å². The molecule has 0 spiro atoms. The van der Waals surface area contributed by atoms with Gasteiger partial charge in [-0.1, -0.05) is 18.2 Å². The van der Waals surface area contributed by atoms with Gasteiger partial charge in [-0.25, -0.2) is 0 Å². The van der Waals surface area contributed by atoms with Crippen molar-refractivity contribution in [3.63, 3.8) is 0 Å². The lowest BCUT2D eigenvalue weighted by atomic mass is 10.2. The van der Waals surface area contributed by atoms with Gasteiger partial charge >= 0.3 is 0 Å². The van der Waals surface area contributed by atoms with E-state index in [0.29, 0.717) is 0 Å². The maximum absolute atomic E-state index is 5.42. The molecule has 0 aliphatic carbocycles. The monoisotopic (exact) mass is 372 g/mol. The number of nitrogens with zero attached hydrogens (tertiary/aromatic N) is 3. The zero-order chi connectivity index (χ0) is 18.2. The van der Waals surface area contributed by atoms with E-state index in [0.717, 1.165) is 51.8 Å². The van der Waals surface area contributed by atoms with Crippen LogP contribution in [0.4, 0.5) is 5.69 Å². The van der Waals surface area contributed by atoms with Gasteiger partial charge in [-0.3, -0.25) is 4.99 Å². The van der Waals surface area contributed by atoms with Crippen molar-refractivity contribution < 1.29 is 4.74 Å². The van der Waals surface area contributed by atoms with E-state index in [9.17, 15) is 0 Å². The lowest BCUT2D eigenvalue weighted by Gasteiger charge is -2.29. The predicted molar refractivity (Wildman–Crippen MR) is 110 cm³/mol. The van der Waals surface area contributed by atoms with Crippen molar-refractivity contribution in [2.24, 2.45) is 4.99 Å². The third-order valence-electron chi connectivity index (χ3n) is 4.61. The Balaban J connectivity index is 1.48. The molecule has 0 unspecified atom stereocenters. The molecule has 0 amide bonds. The Kier molecular flexibility index (Phi) is 6.91. The molecule has 1 aliphatic heterocycles. The van der Waals surface area contributed by atoms with Crippen LogP contribution in [0, 0.1) is 0 Å². The molecule has 1 aromatic carbocycles. The summed E-state index contributed by atoms with van der Waals surface area (Å²) in [7, 11) is 3.93. The molecule has 3 rings (SSSR count). The van der Waals surface area contributed by atoms with Gasteiger partial charge in [-0.05, 0) is 35.6 Å². The molecule has 2 heterocycles. The molecule has 1 fully saturated rings. The van der Waals surface area contributed by atoms with E-state index >= 15 is 0 Å². The van der Waals surface area contributed by atoms with Crippen LogP contribution in [0.2, 0.25) is 0 Å². The van der Waals surface area contributed by atoms with Crippen molar-refractivity contribution in [3.05, 3.63) is 52.2 Å². The minimum atomic E-state index is 0.777. The number of hydrogen-bond donors (Lipinski definition) is 1. The van der Waals surface area contributed by atoms with E-state index in [1.165, 1.54) is 16.1 Å². The Hall–Kier alpha value is -2.05. The first-order valence-electron chi connectivity index (χ1n) is 9.12. The highest BCUT2D eigenvalue weighted by Crippen LogP contribution is 2.16. The molecule has 2 aromatic rings. The summed E-state index contributed by atoms with van der Waals surface area (Å²) >= 11 is 1.81. The zero-order valence-corrected chi connectivity index (χ0v) is 16.5. The van der Waals surface area contributed by atoms with Crippen LogP contribution in [-0.2, 0) is 17.7 Å². The fourth-order valence-corrected chi connectivity index (χ4v) is 3.75. The summed E-state index contributed by atoms with van der Waals surface area (Å²) in [6.45, 7) is 5.31. The smallest absolute Gasteiger partial charge is 0.193 e. The van der Waals surface area contributed by atoms with Gasteiger partial charge in [-0.15, -0.1) is 11.3 Å². The molecule has 0 radical (unpaired) electrons. The Bertz CT molecular complexity index is 678. The fraction of sp³-hybridized carbons (Fsp3) is 0.450. The topological polar surface area (TPSA) is 40.1 Å². The number of aliphatic imine (C=N–C) groups is 1.